The van der Waals surface area contributed by atoms with Gasteiger partial charge in [-0.15, -0.1) is 0 Å². The number of anilines is 1. The van der Waals surface area contributed by atoms with E-state index in [1.54, 1.807) is 0 Å². The lowest BCUT2D eigenvalue weighted by Crippen LogP contribution is -2.37. The average molecular weight is 244 g/mol. The Kier molecular flexibility index (Phi) is 3.97. The zero-order valence-electron chi connectivity index (χ0n) is 9.18. The van der Waals surface area contributed by atoms with Gasteiger partial charge in [0.05, 0.1) is 17.6 Å². The highest BCUT2D eigenvalue weighted by Crippen LogP contribution is 2.20. The van der Waals surface area contributed by atoms with Crippen LogP contribution in [0.5, 0.6) is 0 Å². The van der Waals surface area contributed by atoms with Crippen LogP contribution in [0.2, 0.25) is 0 Å². The molecule has 0 aliphatic heterocycles. The van der Waals surface area contributed by atoms with Gasteiger partial charge in [0.1, 0.15) is 11.4 Å². The van der Waals surface area contributed by atoms with Crippen molar-refractivity contribution in [1.29, 1.82) is 0 Å². The molecule has 1 unspecified atom stereocenters. The standard InChI is InChI=1S/C10H13FN2O4/c1-10(15,6-14)5-12-8-2-7(11)3-9(4-8)13(16)17/h2-4,12,14-15H,5-6H2,1H3. The number of nitro benzene ring substituents is 1. The molecule has 0 spiro atoms. The monoisotopic (exact) mass is 244 g/mol. The average Bonchev–Trinajstić information content (AvgIpc) is 2.26. The fourth-order valence-corrected chi connectivity index (χ4v) is 1.13. The molecule has 0 heterocycles. The SMILES string of the molecule is CC(O)(CO)CNc1cc(F)cc([N+](=O)[O-])c1. The number of aliphatic hydroxyl groups excluding tert-OH is 1. The Labute approximate surface area is 96.8 Å². The zero-order chi connectivity index (χ0) is 13.1. The maximum atomic E-state index is 13.0. The Bertz CT molecular complexity index is 423. The van der Waals surface area contributed by atoms with E-state index in [1.165, 1.54) is 6.92 Å². The van der Waals surface area contributed by atoms with Crippen LogP contribution in [0.4, 0.5) is 15.8 Å². The number of nitro groups is 1. The summed E-state index contributed by atoms with van der Waals surface area (Å²) in [6, 6.07) is 3.02. The molecule has 0 aliphatic carbocycles. The van der Waals surface area contributed by atoms with Crippen molar-refractivity contribution in [2.45, 2.75) is 12.5 Å². The summed E-state index contributed by atoms with van der Waals surface area (Å²) in [7, 11) is 0. The summed E-state index contributed by atoms with van der Waals surface area (Å²) in [5.74, 6) is -0.745. The number of nitrogens with one attached hydrogen (secondary N) is 1. The van der Waals surface area contributed by atoms with E-state index in [1.807, 2.05) is 0 Å². The van der Waals surface area contributed by atoms with Gasteiger partial charge in [0, 0.05) is 18.3 Å². The van der Waals surface area contributed by atoms with Crippen molar-refractivity contribution >= 4 is 11.4 Å². The first-order valence-corrected chi connectivity index (χ1v) is 4.86. The van der Waals surface area contributed by atoms with E-state index in [9.17, 15) is 19.6 Å². The molecule has 3 N–H and O–H groups in total. The lowest BCUT2D eigenvalue weighted by atomic mass is 10.1. The first-order chi connectivity index (χ1) is 7.84. The van der Waals surface area contributed by atoms with Gasteiger partial charge in [0.15, 0.2) is 0 Å². The number of aliphatic hydroxyl groups is 2. The molecular weight excluding hydrogens is 231 g/mol. The summed E-state index contributed by atoms with van der Waals surface area (Å²) < 4.78 is 13.0. The minimum absolute atomic E-state index is 0.0515. The molecule has 1 aromatic rings. The number of rotatable bonds is 5. The first-order valence-electron chi connectivity index (χ1n) is 4.86. The van der Waals surface area contributed by atoms with Gasteiger partial charge in [-0.2, -0.15) is 0 Å². The lowest BCUT2D eigenvalue weighted by molar-refractivity contribution is -0.385. The van der Waals surface area contributed by atoms with Gasteiger partial charge in [-0.25, -0.2) is 4.39 Å². The van der Waals surface area contributed by atoms with E-state index in [0.717, 1.165) is 18.2 Å². The number of hydrogen-bond acceptors (Lipinski definition) is 5. The molecule has 0 aromatic heterocycles. The van der Waals surface area contributed by atoms with Gasteiger partial charge < -0.3 is 15.5 Å². The van der Waals surface area contributed by atoms with Crippen molar-refractivity contribution in [3.8, 4) is 0 Å². The molecule has 1 rings (SSSR count). The predicted octanol–water partition coefficient (Wildman–Crippen LogP) is 0.889. The fraction of sp³-hybridized carbons (Fsp3) is 0.400. The van der Waals surface area contributed by atoms with Crippen molar-refractivity contribution in [1.82, 2.24) is 0 Å². The second-order valence-electron chi connectivity index (χ2n) is 3.96. The molecule has 7 heteroatoms. The van der Waals surface area contributed by atoms with Crippen LogP contribution in [0, 0.1) is 15.9 Å². The second-order valence-corrected chi connectivity index (χ2v) is 3.96. The largest absolute Gasteiger partial charge is 0.393 e. The number of benzene rings is 1. The van der Waals surface area contributed by atoms with E-state index in [4.69, 9.17) is 5.11 Å². The summed E-state index contributed by atoms with van der Waals surface area (Å²) in [4.78, 5) is 9.77. The normalized spacial score (nSPS) is 14.1. The second kappa shape index (κ2) is 5.07. The maximum Gasteiger partial charge on any atom is 0.274 e. The first kappa shape index (κ1) is 13.3. The molecule has 0 radical (unpaired) electrons. The molecule has 94 valence electrons. The molecule has 0 aliphatic rings. The molecule has 6 nitrogen and oxygen atoms in total. The third-order valence-electron chi connectivity index (χ3n) is 2.11. The number of nitrogens with zero attached hydrogens (tertiary/aromatic N) is 1. The predicted molar refractivity (Wildman–Crippen MR) is 59.3 cm³/mol. The summed E-state index contributed by atoms with van der Waals surface area (Å²) in [6.45, 7) is 0.856. The van der Waals surface area contributed by atoms with Crippen LogP contribution in [0.15, 0.2) is 18.2 Å². The Morgan fingerprint density at radius 1 is 1.53 bits per heavy atom. The van der Waals surface area contributed by atoms with Crippen LogP contribution in [0.3, 0.4) is 0 Å². The Hall–Kier alpha value is -1.73. The highest BCUT2D eigenvalue weighted by molar-refractivity contribution is 5.51. The molecule has 1 atom stereocenters. The van der Waals surface area contributed by atoms with E-state index in [0.29, 0.717) is 0 Å². The van der Waals surface area contributed by atoms with Crippen LogP contribution in [0.1, 0.15) is 6.92 Å². The van der Waals surface area contributed by atoms with E-state index in [-0.39, 0.29) is 17.9 Å². The van der Waals surface area contributed by atoms with Crippen molar-refractivity contribution in [2.75, 3.05) is 18.5 Å². The van der Waals surface area contributed by atoms with Crippen molar-refractivity contribution in [3.63, 3.8) is 0 Å². The van der Waals surface area contributed by atoms with Crippen LogP contribution in [-0.4, -0.2) is 33.9 Å². The van der Waals surface area contributed by atoms with Gasteiger partial charge in [-0.05, 0) is 13.0 Å². The summed E-state index contributed by atoms with van der Waals surface area (Å²) in [6.07, 6.45) is 0. The molecule has 0 fully saturated rings. The highest BCUT2D eigenvalue weighted by Gasteiger charge is 2.19. The molecule has 17 heavy (non-hydrogen) atoms. The van der Waals surface area contributed by atoms with Crippen molar-refractivity contribution < 1.29 is 19.5 Å². The Morgan fingerprint density at radius 2 is 2.18 bits per heavy atom. The quantitative estimate of drug-likeness (QED) is 0.528. The molecule has 0 amide bonds. The maximum absolute atomic E-state index is 13.0. The van der Waals surface area contributed by atoms with E-state index in [2.05, 4.69) is 5.32 Å². The topological polar surface area (TPSA) is 95.6 Å². The minimum Gasteiger partial charge on any atom is -0.393 e. The van der Waals surface area contributed by atoms with E-state index >= 15 is 0 Å². The smallest absolute Gasteiger partial charge is 0.274 e. The number of non-ortho nitro benzene ring substituents is 1. The molecule has 0 saturated heterocycles. The highest BCUT2D eigenvalue weighted by atomic mass is 19.1. The lowest BCUT2D eigenvalue weighted by Gasteiger charge is -2.21. The third kappa shape index (κ3) is 3.97. The zero-order valence-corrected chi connectivity index (χ0v) is 9.18. The van der Waals surface area contributed by atoms with Crippen LogP contribution in [0.25, 0.3) is 0 Å². The Balaban J connectivity index is 2.81. The van der Waals surface area contributed by atoms with Crippen molar-refractivity contribution in [3.05, 3.63) is 34.1 Å². The minimum atomic E-state index is -1.37. The summed E-state index contributed by atoms with van der Waals surface area (Å²) >= 11 is 0. The molecule has 0 bridgehead atoms. The van der Waals surface area contributed by atoms with Gasteiger partial charge in [-0.3, -0.25) is 10.1 Å². The van der Waals surface area contributed by atoms with E-state index < -0.39 is 22.9 Å². The van der Waals surface area contributed by atoms with Gasteiger partial charge in [0.2, 0.25) is 0 Å². The van der Waals surface area contributed by atoms with Gasteiger partial charge in [-0.1, -0.05) is 0 Å². The van der Waals surface area contributed by atoms with Crippen LogP contribution >= 0.6 is 0 Å². The van der Waals surface area contributed by atoms with Crippen LogP contribution < -0.4 is 5.32 Å². The van der Waals surface area contributed by atoms with Gasteiger partial charge >= 0.3 is 0 Å². The van der Waals surface area contributed by atoms with Crippen LogP contribution in [-0.2, 0) is 0 Å². The molecule has 0 saturated carbocycles. The number of halogens is 1. The fourth-order valence-electron chi connectivity index (χ4n) is 1.13. The molecular formula is C10H13FN2O4. The Morgan fingerprint density at radius 3 is 2.71 bits per heavy atom. The summed E-state index contributed by atoms with van der Waals surface area (Å²) in [5, 5.41) is 31.4. The summed E-state index contributed by atoms with van der Waals surface area (Å²) in [5.41, 5.74) is -1.58. The van der Waals surface area contributed by atoms with Crippen molar-refractivity contribution in [2.24, 2.45) is 0 Å². The van der Waals surface area contributed by atoms with Gasteiger partial charge in [0.25, 0.3) is 5.69 Å². The number of hydrogen-bond donors (Lipinski definition) is 3. The molecule has 1 aromatic carbocycles. The third-order valence-corrected chi connectivity index (χ3v) is 2.11.